The number of carbonyl (C=O) groups excluding carboxylic acids is 5. The third-order valence-electron chi connectivity index (χ3n) is 11.7. The Hall–Kier alpha value is -5.34. The van der Waals surface area contributed by atoms with E-state index in [9.17, 15) is 29.1 Å². The van der Waals surface area contributed by atoms with Crippen molar-refractivity contribution in [1.29, 1.82) is 0 Å². The number of aromatic nitrogens is 3. The standard InChI is InChI=1S/C46H60ClN11O6S2/c1-26(28-12-14-29(15-13-28)39-27(2)52-25-65-39)53-42(63)32-21-30(59)24-58(32)44(64)40(45(3,4)5)56-35(60)11-8-18-50-36(61)22-37(62)54-31-9-7-10-33(38(31)47)66-43-41(48)55-34(23-51-43)57-19-16-46(6,49)17-20-57/h7,9-10,12-15,23,25-26,30,32,40,59H,8,11,16-22,24,49H2,1-6H3,(H2,48,55)(H,50,61)(H,53,63)(H,54,62)(H,56,60). The van der Waals surface area contributed by atoms with Gasteiger partial charge in [-0.1, -0.05) is 74.5 Å². The molecule has 354 valence electrons. The summed E-state index contributed by atoms with van der Waals surface area (Å²) in [7, 11) is 0. The lowest BCUT2D eigenvalue weighted by atomic mass is 9.85. The van der Waals surface area contributed by atoms with Crippen LogP contribution >= 0.6 is 34.7 Å². The van der Waals surface area contributed by atoms with Crippen molar-refractivity contribution in [3.8, 4) is 10.4 Å². The van der Waals surface area contributed by atoms with Crippen LogP contribution in [0.15, 0.2) is 64.1 Å². The van der Waals surface area contributed by atoms with Crippen LogP contribution in [-0.2, 0) is 24.0 Å². The molecule has 0 radical (unpaired) electrons. The van der Waals surface area contributed by atoms with Crippen molar-refractivity contribution in [1.82, 2.24) is 35.8 Å². The number of carbonyl (C=O) groups is 5. The number of nitrogen functional groups attached to an aromatic ring is 1. The molecular weight excluding hydrogens is 902 g/mol. The van der Waals surface area contributed by atoms with Gasteiger partial charge in [-0.25, -0.2) is 15.0 Å². The average molecular weight is 963 g/mol. The Morgan fingerprint density at radius 1 is 1.03 bits per heavy atom. The number of halogens is 1. The minimum absolute atomic E-state index is 0.0263. The SMILES string of the molecule is Cc1ncsc1-c1ccc(C(C)NC(=O)C2CC(O)CN2C(=O)C(NC(=O)CCCNC(=O)CC(=O)Nc2cccc(Sc3ncc(N4CCC(C)(N)CC4)nc3N)c2Cl)C(C)(C)C)cc1. The van der Waals surface area contributed by atoms with Crippen molar-refractivity contribution in [2.24, 2.45) is 11.1 Å². The van der Waals surface area contributed by atoms with E-state index in [1.165, 1.54) is 16.7 Å². The molecule has 0 saturated carbocycles. The van der Waals surface area contributed by atoms with E-state index in [1.807, 2.05) is 45.0 Å². The Morgan fingerprint density at radius 2 is 1.74 bits per heavy atom. The third kappa shape index (κ3) is 13.0. The topological polar surface area (TPSA) is 251 Å². The molecule has 2 fully saturated rings. The minimum Gasteiger partial charge on any atom is -0.391 e. The second-order valence-corrected chi connectivity index (χ2v) is 20.6. The molecule has 0 spiro atoms. The summed E-state index contributed by atoms with van der Waals surface area (Å²) in [6.45, 7) is 12.8. The molecule has 6 rings (SSSR count). The molecule has 0 bridgehead atoms. The first-order valence-corrected chi connectivity index (χ1v) is 24.0. The summed E-state index contributed by atoms with van der Waals surface area (Å²) >= 11 is 9.43. The highest BCUT2D eigenvalue weighted by Crippen LogP contribution is 2.39. The fourth-order valence-corrected chi connectivity index (χ4v) is 9.69. The Kier molecular flexibility index (Phi) is 16.3. The largest absolute Gasteiger partial charge is 0.391 e. The second-order valence-electron chi connectivity index (χ2n) is 18.3. The van der Waals surface area contributed by atoms with Gasteiger partial charge < -0.3 is 47.6 Å². The molecule has 4 aromatic rings. The predicted octanol–water partition coefficient (Wildman–Crippen LogP) is 5.21. The van der Waals surface area contributed by atoms with Gasteiger partial charge in [0.05, 0.1) is 45.1 Å². The summed E-state index contributed by atoms with van der Waals surface area (Å²) in [4.78, 5) is 85.0. The van der Waals surface area contributed by atoms with Crippen LogP contribution in [0.5, 0.6) is 0 Å². The lowest BCUT2D eigenvalue weighted by molar-refractivity contribution is -0.144. The molecule has 9 N–H and O–H groups in total. The molecule has 2 aromatic carbocycles. The summed E-state index contributed by atoms with van der Waals surface area (Å²) in [5, 5.41) is 22.5. The molecule has 2 saturated heterocycles. The van der Waals surface area contributed by atoms with Crippen LogP contribution in [-0.4, -0.2) is 104 Å². The maximum absolute atomic E-state index is 14.1. The summed E-state index contributed by atoms with van der Waals surface area (Å²) in [5.74, 6) is -1.55. The van der Waals surface area contributed by atoms with E-state index in [4.69, 9.17) is 23.1 Å². The number of rotatable bonds is 16. The van der Waals surface area contributed by atoms with Crippen LogP contribution in [0.25, 0.3) is 10.4 Å². The fraction of sp³-hybridized carbons (Fsp3) is 0.478. The van der Waals surface area contributed by atoms with E-state index in [2.05, 4.69) is 41.1 Å². The number of hydrogen-bond donors (Lipinski definition) is 7. The number of piperidine rings is 1. The van der Waals surface area contributed by atoms with Crippen molar-refractivity contribution < 1.29 is 29.1 Å². The number of likely N-dealkylation sites (tertiary alicyclic amines) is 1. The van der Waals surface area contributed by atoms with Crippen molar-refractivity contribution >= 4 is 81.6 Å². The molecule has 5 amide bonds. The van der Waals surface area contributed by atoms with Gasteiger partial charge in [0.15, 0.2) is 5.82 Å². The van der Waals surface area contributed by atoms with E-state index in [1.54, 1.807) is 62.0 Å². The third-order valence-corrected chi connectivity index (χ3v) is 14.3. The maximum atomic E-state index is 14.1. The van der Waals surface area contributed by atoms with Gasteiger partial charge in [0.25, 0.3) is 0 Å². The number of β-amino-alcohol motifs (C(OH)–C–C–N with tert-alkyl or cyclic N) is 1. The van der Waals surface area contributed by atoms with Gasteiger partial charge in [-0.15, -0.1) is 11.3 Å². The summed E-state index contributed by atoms with van der Waals surface area (Å²) in [6.07, 6.45) is 2.18. The van der Waals surface area contributed by atoms with Crippen molar-refractivity contribution in [3.05, 3.63) is 70.5 Å². The Morgan fingerprint density at radius 3 is 2.39 bits per heavy atom. The molecule has 4 atom stereocenters. The zero-order chi connectivity index (χ0) is 47.9. The van der Waals surface area contributed by atoms with Gasteiger partial charge in [-0.3, -0.25) is 24.0 Å². The van der Waals surface area contributed by atoms with Crippen molar-refractivity contribution in [2.45, 2.75) is 120 Å². The van der Waals surface area contributed by atoms with Crippen molar-refractivity contribution in [2.75, 3.05) is 42.1 Å². The van der Waals surface area contributed by atoms with Gasteiger partial charge >= 0.3 is 0 Å². The molecule has 20 heteroatoms. The quantitative estimate of drug-likeness (QED) is 0.0564. The number of anilines is 3. The van der Waals surface area contributed by atoms with Gasteiger partial charge in [0, 0.05) is 49.5 Å². The number of benzene rings is 2. The summed E-state index contributed by atoms with van der Waals surface area (Å²) in [5.41, 5.74) is 16.6. The zero-order valence-corrected chi connectivity index (χ0v) is 40.5. The maximum Gasteiger partial charge on any atom is 0.246 e. The number of aryl methyl sites for hydroxylation is 1. The number of nitrogens with two attached hydrogens (primary N) is 2. The highest BCUT2D eigenvalue weighted by Gasteiger charge is 2.44. The van der Waals surface area contributed by atoms with Crippen molar-refractivity contribution in [3.63, 3.8) is 0 Å². The Bertz CT molecular complexity index is 2400. The normalized spacial score (nSPS) is 18.0. The van der Waals surface area contributed by atoms with Crippen LogP contribution in [0.2, 0.25) is 5.02 Å². The first-order valence-electron chi connectivity index (χ1n) is 22.0. The number of thiazole rings is 1. The molecule has 17 nitrogen and oxygen atoms in total. The lowest BCUT2D eigenvalue weighted by Crippen LogP contribution is -2.57. The highest BCUT2D eigenvalue weighted by molar-refractivity contribution is 7.99. The predicted molar refractivity (Wildman–Crippen MR) is 258 cm³/mol. The summed E-state index contributed by atoms with van der Waals surface area (Å²) in [6, 6.07) is 10.6. The molecule has 2 aromatic heterocycles. The molecule has 4 heterocycles. The molecular formula is C46H60ClN11O6S2. The number of hydrogen-bond acceptors (Lipinski definition) is 14. The first-order chi connectivity index (χ1) is 31.2. The second kappa shape index (κ2) is 21.5. The van der Waals surface area contributed by atoms with Gasteiger partial charge in [-0.2, -0.15) is 0 Å². The fourth-order valence-electron chi connectivity index (χ4n) is 7.78. The first kappa shape index (κ1) is 50.1. The van der Waals surface area contributed by atoms with Crippen LogP contribution in [0.1, 0.15) is 90.4 Å². The number of nitrogens with one attached hydrogen (secondary N) is 4. The van der Waals surface area contributed by atoms with Crippen LogP contribution < -0.4 is 37.6 Å². The molecule has 66 heavy (non-hydrogen) atoms. The number of amides is 5. The van der Waals surface area contributed by atoms with E-state index >= 15 is 0 Å². The zero-order valence-electron chi connectivity index (χ0n) is 38.2. The van der Waals surface area contributed by atoms with Crippen LogP contribution in [0.4, 0.5) is 17.3 Å². The van der Waals surface area contributed by atoms with Gasteiger partial charge in [0.2, 0.25) is 29.5 Å². The van der Waals surface area contributed by atoms with Crippen LogP contribution in [0, 0.1) is 12.3 Å². The summed E-state index contributed by atoms with van der Waals surface area (Å²) < 4.78 is 0. The number of aliphatic hydroxyl groups is 1. The molecule has 2 aliphatic heterocycles. The minimum atomic E-state index is -1.01. The highest BCUT2D eigenvalue weighted by atomic mass is 35.5. The van der Waals surface area contributed by atoms with Gasteiger partial charge in [0.1, 0.15) is 29.3 Å². The average Bonchev–Trinajstić information content (AvgIpc) is 3.88. The molecule has 2 aliphatic rings. The molecule has 0 aliphatic carbocycles. The van der Waals surface area contributed by atoms with Gasteiger partial charge in [-0.05, 0) is 68.7 Å². The van der Waals surface area contributed by atoms with E-state index in [-0.39, 0.29) is 54.8 Å². The molecule has 4 unspecified atom stereocenters. The number of nitrogens with zero attached hydrogens (tertiary/aromatic N) is 5. The van der Waals surface area contributed by atoms with E-state index < -0.39 is 59.6 Å². The number of aliphatic hydroxyl groups excluding tert-OH is 1. The monoisotopic (exact) mass is 961 g/mol. The Balaban J connectivity index is 0.947. The van der Waals surface area contributed by atoms with E-state index in [0.29, 0.717) is 21.4 Å². The van der Waals surface area contributed by atoms with E-state index in [0.717, 1.165) is 47.6 Å². The smallest absolute Gasteiger partial charge is 0.246 e. The lowest BCUT2D eigenvalue weighted by Gasteiger charge is -2.37. The Labute approximate surface area is 398 Å². The van der Waals surface area contributed by atoms with Crippen LogP contribution in [0.3, 0.4) is 0 Å².